The first kappa shape index (κ1) is 15.8. The van der Waals surface area contributed by atoms with Gasteiger partial charge in [0.1, 0.15) is 6.61 Å². The van der Waals surface area contributed by atoms with Gasteiger partial charge in [-0.15, -0.1) is 11.8 Å². The van der Waals surface area contributed by atoms with Crippen LogP contribution in [0.5, 0.6) is 0 Å². The van der Waals surface area contributed by atoms with Crippen LogP contribution in [0.4, 0.5) is 0 Å². The van der Waals surface area contributed by atoms with Crippen LogP contribution in [0.15, 0.2) is 40.9 Å². The van der Waals surface area contributed by atoms with Crippen LogP contribution >= 0.6 is 43.6 Å². The third-order valence-electron chi connectivity index (χ3n) is 2.04. The summed E-state index contributed by atoms with van der Waals surface area (Å²) in [6.07, 6.45) is 0. The summed E-state index contributed by atoms with van der Waals surface area (Å²) in [6.45, 7) is 5.51. The predicted molar refractivity (Wildman–Crippen MR) is 83.9 cm³/mol. The van der Waals surface area contributed by atoms with Gasteiger partial charge in [-0.25, -0.2) is 4.79 Å². The molecule has 1 aromatic rings. The zero-order valence-corrected chi connectivity index (χ0v) is 14.0. The first-order valence-electron chi connectivity index (χ1n) is 5.32. The summed E-state index contributed by atoms with van der Waals surface area (Å²) in [4.78, 5) is 11.2. The molecule has 0 aliphatic heterocycles. The average Bonchev–Trinajstić information content (AvgIpc) is 2.35. The normalized spacial score (nSPS) is 11.9. The van der Waals surface area contributed by atoms with Crippen LogP contribution in [-0.2, 0) is 15.3 Å². The molecule has 0 aliphatic carbocycles. The Labute approximate surface area is 128 Å². The fraction of sp³-hybridized carbons (Fsp3) is 0.308. The number of hydrogen-bond acceptors (Lipinski definition) is 3. The molecule has 0 saturated heterocycles. The number of thioether (sulfide) groups is 1. The van der Waals surface area contributed by atoms with Gasteiger partial charge >= 0.3 is 5.97 Å². The lowest BCUT2D eigenvalue weighted by Crippen LogP contribution is -2.11. The van der Waals surface area contributed by atoms with Gasteiger partial charge in [0.2, 0.25) is 0 Å². The Hall–Kier alpha value is -0.260. The quantitative estimate of drug-likeness (QED) is 0.403. The SMILES string of the molecule is C=C(C)C(=O)OCC(Br)SCc1ccc(Br)cc1. The fourth-order valence-corrected chi connectivity index (χ4v) is 2.60. The van der Waals surface area contributed by atoms with Crippen molar-refractivity contribution in [3.05, 3.63) is 46.5 Å². The molecule has 98 valence electrons. The van der Waals surface area contributed by atoms with Gasteiger partial charge in [-0.1, -0.05) is 50.6 Å². The van der Waals surface area contributed by atoms with Crippen LogP contribution in [0.2, 0.25) is 0 Å². The number of carbonyl (C=O) groups excluding carboxylic acids is 1. The van der Waals surface area contributed by atoms with Gasteiger partial charge in [0.05, 0.1) is 4.16 Å². The lowest BCUT2D eigenvalue weighted by molar-refractivity contribution is -0.138. The van der Waals surface area contributed by atoms with Gasteiger partial charge in [0, 0.05) is 15.8 Å². The zero-order valence-electron chi connectivity index (χ0n) is 9.99. The van der Waals surface area contributed by atoms with Gasteiger partial charge in [0.25, 0.3) is 0 Å². The summed E-state index contributed by atoms with van der Waals surface area (Å²) in [7, 11) is 0. The highest BCUT2D eigenvalue weighted by Gasteiger charge is 2.09. The van der Waals surface area contributed by atoms with Crippen molar-refractivity contribution in [2.45, 2.75) is 16.8 Å². The summed E-state index contributed by atoms with van der Waals surface area (Å²) >= 11 is 8.56. The van der Waals surface area contributed by atoms with Crippen LogP contribution in [0, 0.1) is 0 Å². The lowest BCUT2D eigenvalue weighted by Gasteiger charge is -2.10. The van der Waals surface area contributed by atoms with E-state index in [-0.39, 0.29) is 10.1 Å². The van der Waals surface area contributed by atoms with E-state index in [1.54, 1.807) is 18.7 Å². The highest BCUT2D eigenvalue weighted by molar-refractivity contribution is 9.11. The monoisotopic (exact) mass is 392 g/mol. The molecule has 0 N–H and O–H groups in total. The van der Waals surface area contributed by atoms with Crippen molar-refractivity contribution in [2.24, 2.45) is 0 Å². The Morgan fingerprint density at radius 3 is 2.61 bits per heavy atom. The highest BCUT2D eigenvalue weighted by Crippen LogP contribution is 2.23. The number of hydrogen-bond donors (Lipinski definition) is 0. The maximum absolute atomic E-state index is 11.2. The maximum Gasteiger partial charge on any atom is 0.333 e. The molecule has 0 aromatic heterocycles. The molecule has 0 aliphatic rings. The second-order valence-electron chi connectivity index (χ2n) is 3.73. The molecule has 1 unspecified atom stereocenters. The molecule has 0 bridgehead atoms. The number of ether oxygens (including phenoxy) is 1. The van der Waals surface area contributed by atoms with E-state index in [0.29, 0.717) is 12.2 Å². The summed E-state index contributed by atoms with van der Waals surface area (Å²) in [5, 5.41) is 0. The molecule has 5 heteroatoms. The van der Waals surface area contributed by atoms with Crippen molar-refractivity contribution < 1.29 is 9.53 Å². The molecule has 1 aromatic carbocycles. The van der Waals surface area contributed by atoms with E-state index >= 15 is 0 Å². The second kappa shape index (κ2) is 8.02. The molecule has 18 heavy (non-hydrogen) atoms. The molecule has 2 nitrogen and oxygen atoms in total. The van der Waals surface area contributed by atoms with Crippen molar-refractivity contribution in [2.75, 3.05) is 6.61 Å². The Balaban J connectivity index is 2.28. The van der Waals surface area contributed by atoms with Crippen LogP contribution in [0.3, 0.4) is 0 Å². The van der Waals surface area contributed by atoms with Crippen LogP contribution in [0.1, 0.15) is 12.5 Å². The molecule has 0 heterocycles. The van der Waals surface area contributed by atoms with Crippen molar-refractivity contribution in [3.63, 3.8) is 0 Å². The van der Waals surface area contributed by atoms with E-state index < -0.39 is 0 Å². The maximum atomic E-state index is 11.2. The number of rotatable bonds is 6. The van der Waals surface area contributed by atoms with Crippen molar-refractivity contribution in [1.29, 1.82) is 0 Å². The number of esters is 1. The van der Waals surface area contributed by atoms with Gasteiger partial charge in [-0.3, -0.25) is 0 Å². The molecule has 0 radical (unpaired) electrons. The third kappa shape index (κ3) is 6.07. The van der Waals surface area contributed by atoms with E-state index in [0.717, 1.165) is 10.2 Å². The lowest BCUT2D eigenvalue weighted by atomic mass is 10.2. The van der Waals surface area contributed by atoms with E-state index in [4.69, 9.17) is 4.74 Å². The summed E-state index contributed by atoms with van der Waals surface area (Å²) in [6, 6.07) is 8.16. The summed E-state index contributed by atoms with van der Waals surface area (Å²) in [5.41, 5.74) is 1.66. The van der Waals surface area contributed by atoms with Gasteiger partial charge in [0.15, 0.2) is 0 Å². The van der Waals surface area contributed by atoms with E-state index in [1.165, 1.54) is 5.56 Å². The Morgan fingerprint density at radius 2 is 2.06 bits per heavy atom. The first-order valence-corrected chi connectivity index (χ1v) is 8.07. The van der Waals surface area contributed by atoms with Crippen molar-refractivity contribution in [1.82, 2.24) is 0 Å². The predicted octanol–water partition coefficient (Wildman–Crippen LogP) is 4.52. The Morgan fingerprint density at radius 1 is 1.44 bits per heavy atom. The Kier molecular flexibility index (Phi) is 7.04. The third-order valence-corrected chi connectivity index (χ3v) is 4.62. The molecule has 1 atom stereocenters. The minimum absolute atomic E-state index is 0.0875. The molecule has 1 rings (SSSR count). The summed E-state index contributed by atoms with van der Waals surface area (Å²) in [5.74, 6) is 0.525. The van der Waals surface area contributed by atoms with Gasteiger partial charge in [-0.05, 0) is 24.6 Å². The molecule has 0 saturated carbocycles. The standard InChI is InChI=1S/C13H14Br2O2S/c1-9(2)13(16)17-7-12(15)18-8-10-3-5-11(14)6-4-10/h3-6,12H,1,7-8H2,2H3. The molecular formula is C13H14Br2O2S. The number of benzene rings is 1. The average molecular weight is 394 g/mol. The number of carbonyl (C=O) groups is 1. The van der Waals surface area contributed by atoms with Crippen molar-refractivity contribution >= 4 is 49.6 Å². The zero-order chi connectivity index (χ0) is 13.5. The smallest absolute Gasteiger partial charge is 0.333 e. The van der Waals surface area contributed by atoms with Gasteiger partial charge in [-0.2, -0.15) is 0 Å². The molecular weight excluding hydrogens is 380 g/mol. The topological polar surface area (TPSA) is 26.3 Å². The molecule has 0 fully saturated rings. The minimum atomic E-state index is -0.344. The van der Waals surface area contributed by atoms with E-state index in [9.17, 15) is 4.79 Å². The second-order valence-corrected chi connectivity index (χ2v) is 7.54. The highest BCUT2D eigenvalue weighted by atomic mass is 79.9. The summed E-state index contributed by atoms with van der Waals surface area (Å²) < 4.78 is 6.22. The van der Waals surface area contributed by atoms with E-state index in [2.05, 4.69) is 50.6 Å². The first-order chi connectivity index (χ1) is 8.49. The van der Waals surface area contributed by atoms with Gasteiger partial charge < -0.3 is 4.74 Å². The number of halogens is 2. The van der Waals surface area contributed by atoms with E-state index in [1.807, 2.05) is 12.1 Å². The largest absolute Gasteiger partial charge is 0.460 e. The van der Waals surface area contributed by atoms with Crippen LogP contribution < -0.4 is 0 Å². The minimum Gasteiger partial charge on any atom is -0.460 e. The Bertz CT molecular complexity index is 418. The number of alkyl halides is 1. The molecule has 0 amide bonds. The van der Waals surface area contributed by atoms with Crippen molar-refractivity contribution in [3.8, 4) is 0 Å². The van der Waals surface area contributed by atoms with Crippen LogP contribution in [0.25, 0.3) is 0 Å². The fourth-order valence-electron chi connectivity index (χ4n) is 1.08. The molecule has 0 spiro atoms. The van der Waals surface area contributed by atoms with Crippen LogP contribution in [-0.4, -0.2) is 16.7 Å².